The molecule has 5 heteroatoms. The standard InChI is InChI=1S/C12H17FN2O2/c1-12(2,3)17-11(16)14-8-7-9-5-4-6-10(13)15-9/h4-6H,7-8H2,1-3H3,(H,14,16). The zero-order valence-corrected chi connectivity index (χ0v) is 10.3. The van der Waals surface area contributed by atoms with E-state index in [1.165, 1.54) is 6.07 Å². The Balaban J connectivity index is 2.31. The van der Waals surface area contributed by atoms with Crippen molar-refractivity contribution in [2.75, 3.05) is 6.54 Å². The maximum Gasteiger partial charge on any atom is 0.407 e. The Morgan fingerprint density at radius 1 is 1.47 bits per heavy atom. The van der Waals surface area contributed by atoms with Gasteiger partial charge in [-0.05, 0) is 32.9 Å². The molecule has 1 aromatic rings. The van der Waals surface area contributed by atoms with Crippen molar-refractivity contribution in [3.05, 3.63) is 29.8 Å². The number of carbonyl (C=O) groups is 1. The SMILES string of the molecule is CC(C)(C)OC(=O)NCCc1cccc(F)n1. The molecule has 0 fully saturated rings. The van der Waals surface area contributed by atoms with Gasteiger partial charge in [0.05, 0.1) is 0 Å². The quantitative estimate of drug-likeness (QED) is 0.825. The molecule has 0 atom stereocenters. The molecular formula is C12H17FN2O2. The molecule has 94 valence electrons. The predicted molar refractivity (Wildman–Crippen MR) is 62.1 cm³/mol. The normalized spacial score (nSPS) is 11.1. The summed E-state index contributed by atoms with van der Waals surface area (Å²) < 4.78 is 17.8. The van der Waals surface area contributed by atoms with Crippen molar-refractivity contribution < 1.29 is 13.9 Å². The Hall–Kier alpha value is -1.65. The van der Waals surface area contributed by atoms with Gasteiger partial charge in [0.1, 0.15) is 5.60 Å². The molecule has 1 rings (SSSR count). The fraction of sp³-hybridized carbons (Fsp3) is 0.500. The van der Waals surface area contributed by atoms with Gasteiger partial charge in [-0.2, -0.15) is 4.39 Å². The maximum atomic E-state index is 12.8. The number of hydrogen-bond acceptors (Lipinski definition) is 3. The highest BCUT2D eigenvalue weighted by Crippen LogP contribution is 2.06. The lowest BCUT2D eigenvalue weighted by molar-refractivity contribution is 0.0528. The minimum Gasteiger partial charge on any atom is -0.444 e. The van der Waals surface area contributed by atoms with Gasteiger partial charge in [-0.3, -0.25) is 0 Å². The highest BCUT2D eigenvalue weighted by molar-refractivity contribution is 5.67. The van der Waals surface area contributed by atoms with Crippen LogP contribution >= 0.6 is 0 Å². The number of alkyl carbamates (subject to hydrolysis) is 1. The molecule has 0 saturated carbocycles. The van der Waals surface area contributed by atoms with E-state index in [-0.39, 0.29) is 0 Å². The van der Waals surface area contributed by atoms with E-state index < -0.39 is 17.6 Å². The van der Waals surface area contributed by atoms with E-state index >= 15 is 0 Å². The van der Waals surface area contributed by atoms with Gasteiger partial charge in [0.15, 0.2) is 0 Å². The van der Waals surface area contributed by atoms with Crippen LogP contribution in [0.2, 0.25) is 0 Å². The van der Waals surface area contributed by atoms with E-state index in [1.807, 2.05) is 0 Å². The van der Waals surface area contributed by atoms with Gasteiger partial charge in [0.25, 0.3) is 0 Å². The van der Waals surface area contributed by atoms with Crippen LogP contribution in [0.5, 0.6) is 0 Å². The first-order valence-electron chi connectivity index (χ1n) is 5.45. The molecule has 1 N–H and O–H groups in total. The van der Waals surface area contributed by atoms with E-state index in [0.29, 0.717) is 18.7 Å². The first kappa shape index (κ1) is 13.4. The van der Waals surface area contributed by atoms with Crippen molar-refractivity contribution in [1.82, 2.24) is 10.3 Å². The summed E-state index contributed by atoms with van der Waals surface area (Å²) in [5.74, 6) is -0.514. The number of pyridine rings is 1. The number of halogens is 1. The summed E-state index contributed by atoms with van der Waals surface area (Å²) in [7, 11) is 0. The zero-order valence-electron chi connectivity index (χ0n) is 10.3. The Morgan fingerprint density at radius 3 is 2.76 bits per heavy atom. The number of ether oxygens (including phenoxy) is 1. The molecule has 1 amide bonds. The van der Waals surface area contributed by atoms with Crippen LogP contribution in [0, 0.1) is 5.95 Å². The average molecular weight is 240 g/mol. The second kappa shape index (κ2) is 5.61. The van der Waals surface area contributed by atoms with Gasteiger partial charge in [0, 0.05) is 18.7 Å². The van der Waals surface area contributed by atoms with Gasteiger partial charge in [0.2, 0.25) is 5.95 Å². The summed E-state index contributed by atoms with van der Waals surface area (Å²) in [6, 6.07) is 4.58. The maximum absolute atomic E-state index is 12.8. The molecule has 0 radical (unpaired) electrons. The second-order valence-corrected chi connectivity index (χ2v) is 4.63. The predicted octanol–water partition coefficient (Wildman–Crippen LogP) is 2.29. The first-order chi connectivity index (χ1) is 7.87. The van der Waals surface area contributed by atoms with Gasteiger partial charge < -0.3 is 10.1 Å². The average Bonchev–Trinajstić information content (AvgIpc) is 2.14. The molecule has 4 nitrogen and oxygen atoms in total. The van der Waals surface area contributed by atoms with Crippen LogP contribution in [0.25, 0.3) is 0 Å². The molecule has 0 unspecified atom stereocenters. The summed E-state index contributed by atoms with van der Waals surface area (Å²) in [6.07, 6.45) is -0.00862. The Morgan fingerprint density at radius 2 is 2.18 bits per heavy atom. The lowest BCUT2D eigenvalue weighted by Crippen LogP contribution is -2.33. The summed E-state index contributed by atoms with van der Waals surface area (Å²) >= 11 is 0. The number of rotatable bonds is 3. The summed E-state index contributed by atoms with van der Waals surface area (Å²) in [5.41, 5.74) is 0.0855. The van der Waals surface area contributed by atoms with Crippen molar-refractivity contribution in [3.63, 3.8) is 0 Å². The molecular weight excluding hydrogens is 223 g/mol. The molecule has 17 heavy (non-hydrogen) atoms. The van der Waals surface area contributed by atoms with Gasteiger partial charge in [-0.15, -0.1) is 0 Å². The number of nitrogens with zero attached hydrogens (tertiary/aromatic N) is 1. The first-order valence-corrected chi connectivity index (χ1v) is 5.45. The van der Waals surface area contributed by atoms with E-state index in [0.717, 1.165) is 0 Å². The van der Waals surface area contributed by atoms with E-state index in [2.05, 4.69) is 10.3 Å². The minimum atomic E-state index is -0.514. The highest BCUT2D eigenvalue weighted by atomic mass is 19.1. The number of hydrogen-bond donors (Lipinski definition) is 1. The van der Waals surface area contributed by atoms with Crippen LogP contribution in [-0.2, 0) is 11.2 Å². The lowest BCUT2D eigenvalue weighted by Gasteiger charge is -2.19. The largest absolute Gasteiger partial charge is 0.444 e. The topological polar surface area (TPSA) is 51.2 Å². The number of amides is 1. The molecule has 1 heterocycles. The van der Waals surface area contributed by atoms with Crippen LogP contribution in [0.4, 0.5) is 9.18 Å². The van der Waals surface area contributed by atoms with Crippen LogP contribution < -0.4 is 5.32 Å². The van der Waals surface area contributed by atoms with Crippen molar-refractivity contribution >= 4 is 6.09 Å². The molecule has 0 bridgehead atoms. The Kier molecular flexibility index (Phi) is 4.43. The third-order valence-electron chi connectivity index (χ3n) is 1.82. The minimum absolute atomic E-state index is 0.366. The molecule has 0 aromatic carbocycles. The molecule has 0 saturated heterocycles. The van der Waals surface area contributed by atoms with Crippen LogP contribution in [-0.4, -0.2) is 23.2 Å². The Labute approximate surface area is 100 Å². The van der Waals surface area contributed by atoms with Crippen LogP contribution in [0.3, 0.4) is 0 Å². The Bertz CT molecular complexity index is 388. The van der Waals surface area contributed by atoms with Gasteiger partial charge in [-0.25, -0.2) is 9.78 Å². The van der Waals surface area contributed by atoms with Crippen LogP contribution in [0.1, 0.15) is 26.5 Å². The van der Waals surface area contributed by atoms with Crippen molar-refractivity contribution in [3.8, 4) is 0 Å². The second-order valence-electron chi connectivity index (χ2n) is 4.63. The molecule has 0 aliphatic heterocycles. The van der Waals surface area contributed by atoms with Crippen LogP contribution in [0.15, 0.2) is 18.2 Å². The zero-order chi connectivity index (χ0) is 12.9. The van der Waals surface area contributed by atoms with E-state index in [9.17, 15) is 9.18 Å². The van der Waals surface area contributed by atoms with E-state index in [4.69, 9.17) is 4.74 Å². The third-order valence-corrected chi connectivity index (χ3v) is 1.82. The fourth-order valence-electron chi connectivity index (χ4n) is 1.20. The van der Waals surface area contributed by atoms with Crippen molar-refractivity contribution in [2.45, 2.75) is 32.8 Å². The monoisotopic (exact) mass is 240 g/mol. The highest BCUT2D eigenvalue weighted by Gasteiger charge is 2.15. The van der Waals surface area contributed by atoms with E-state index in [1.54, 1.807) is 32.9 Å². The van der Waals surface area contributed by atoms with Gasteiger partial charge in [-0.1, -0.05) is 6.07 Å². The van der Waals surface area contributed by atoms with Gasteiger partial charge >= 0.3 is 6.09 Å². The summed E-state index contributed by atoms with van der Waals surface area (Å²) in [4.78, 5) is 15.0. The summed E-state index contributed by atoms with van der Waals surface area (Å²) in [6.45, 7) is 5.74. The fourth-order valence-corrected chi connectivity index (χ4v) is 1.20. The van der Waals surface area contributed by atoms with Crippen molar-refractivity contribution in [1.29, 1.82) is 0 Å². The lowest BCUT2D eigenvalue weighted by atomic mass is 10.2. The number of carbonyl (C=O) groups excluding carboxylic acids is 1. The summed E-state index contributed by atoms with van der Waals surface area (Å²) in [5, 5.41) is 2.58. The smallest absolute Gasteiger partial charge is 0.407 e. The molecule has 0 aliphatic rings. The molecule has 0 aliphatic carbocycles. The molecule has 1 aromatic heterocycles. The molecule has 0 spiro atoms. The van der Waals surface area contributed by atoms with Crippen molar-refractivity contribution in [2.24, 2.45) is 0 Å². The third kappa shape index (κ3) is 5.85. The number of nitrogens with one attached hydrogen (secondary N) is 1. The number of aromatic nitrogens is 1.